The highest BCUT2D eigenvalue weighted by atomic mass is 32.2. The van der Waals surface area contributed by atoms with Crippen molar-refractivity contribution in [2.75, 3.05) is 11.5 Å². The Morgan fingerprint density at radius 1 is 1.28 bits per heavy atom. The molecule has 92 valence electrons. The lowest BCUT2D eigenvalue weighted by atomic mass is 9.79. The molecule has 3 nitrogen and oxygen atoms in total. The van der Waals surface area contributed by atoms with Gasteiger partial charge in [0.1, 0.15) is 5.03 Å². The number of hydrogen-bond acceptors (Lipinski definition) is 3. The summed E-state index contributed by atoms with van der Waals surface area (Å²) in [6, 6.07) is 11.8. The molecular weight excluding hydrogens is 244 g/mol. The zero-order valence-corrected chi connectivity index (χ0v) is 10.7. The van der Waals surface area contributed by atoms with E-state index < -0.39 is 10.8 Å². The molecule has 4 heteroatoms. The summed E-state index contributed by atoms with van der Waals surface area (Å²) >= 11 is 0. The van der Waals surface area contributed by atoms with Crippen LogP contribution in [0.3, 0.4) is 0 Å². The van der Waals surface area contributed by atoms with Crippen molar-refractivity contribution < 1.29 is 4.21 Å². The molecule has 2 N–H and O–H groups in total. The fourth-order valence-corrected chi connectivity index (χ4v) is 3.70. The summed E-state index contributed by atoms with van der Waals surface area (Å²) in [6.07, 6.45) is 2.65. The van der Waals surface area contributed by atoms with Crippen LogP contribution in [0.2, 0.25) is 0 Å². The minimum Gasteiger partial charge on any atom is -0.396 e. The van der Waals surface area contributed by atoms with E-state index in [2.05, 4.69) is 17.1 Å². The summed E-state index contributed by atoms with van der Waals surface area (Å²) in [5.74, 6) is 0.988. The van der Waals surface area contributed by atoms with Gasteiger partial charge in [-0.05, 0) is 29.7 Å². The topological polar surface area (TPSA) is 56.0 Å². The predicted octanol–water partition coefficient (Wildman–Crippen LogP) is 2.11. The Morgan fingerprint density at radius 2 is 2.11 bits per heavy atom. The smallest absolute Gasteiger partial charge is 0.150 e. The van der Waals surface area contributed by atoms with Gasteiger partial charge in [0, 0.05) is 17.9 Å². The first-order chi connectivity index (χ1) is 8.75. The van der Waals surface area contributed by atoms with Gasteiger partial charge in [0.15, 0.2) is 0 Å². The molecule has 1 aromatic carbocycles. The standard InChI is InChI=1S/C14H14N2OS/c15-13-6-3-7-16-14(13)18(17)9-11-8-10-4-1-2-5-12(10)11/h1-7,11H,8-9,15H2. The monoisotopic (exact) mass is 258 g/mol. The number of benzene rings is 1. The molecule has 0 saturated heterocycles. The molecule has 0 bridgehead atoms. The molecule has 18 heavy (non-hydrogen) atoms. The molecule has 1 aromatic heterocycles. The zero-order valence-electron chi connectivity index (χ0n) is 9.87. The van der Waals surface area contributed by atoms with Crippen LogP contribution in [0.5, 0.6) is 0 Å². The highest BCUT2D eigenvalue weighted by Gasteiger charge is 2.28. The van der Waals surface area contributed by atoms with Gasteiger partial charge >= 0.3 is 0 Å². The fourth-order valence-electron chi connectivity index (χ4n) is 2.37. The number of pyridine rings is 1. The second-order valence-electron chi connectivity index (χ2n) is 4.51. The molecule has 2 atom stereocenters. The largest absolute Gasteiger partial charge is 0.396 e. The molecule has 0 saturated carbocycles. The summed E-state index contributed by atoms with van der Waals surface area (Å²) in [4.78, 5) is 4.12. The molecule has 2 unspecified atom stereocenters. The molecule has 3 rings (SSSR count). The van der Waals surface area contributed by atoms with Crippen LogP contribution in [-0.4, -0.2) is 14.9 Å². The number of fused-ring (bicyclic) bond motifs is 1. The van der Waals surface area contributed by atoms with Crippen molar-refractivity contribution in [1.82, 2.24) is 4.98 Å². The van der Waals surface area contributed by atoms with E-state index in [1.807, 2.05) is 12.1 Å². The van der Waals surface area contributed by atoms with Crippen molar-refractivity contribution in [1.29, 1.82) is 0 Å². The Balaban J connectivity index is 1.76. The van der Waals surface area contributed by atoms with Crippen LogP contribution in [0.1, 0.15) is 17.0 Å². The van der Waals surface area contributed by atoms with Crippen molar-refractivity contribution in [2.24, 2.45) is 0 Å². The van der Waals surface area contributed by atoms with Crippen LogP contribution < -0.4 is 5.73 Å². The highest BCUT2D eigenvalue weighted by Crippen LogP contribution is 2.36. The van der Waals surface area contributed by atoms with Crippen molar-refractivity contribution in [3.63, 3.8) is 0 Å². The average Bonchev–Trinajstić information content (AvgIpc) is 2.36. The molecule has 0 amide bonds. The van der Waals surface area contributed by atoms with E-state index in [0.717, 1.165) is 6.42 Å². The van der Waals surface area contributed by atoms with Gasteiger partial charge in [-0.25, -0.2) is 4.98 Å². The average molecular weight is 258 g/mol. The summed E-state index contributed by atoms with van der Waals surface area (Å²) in [7, 11) is -1.12. The molecule has 0 spiro atoms. The van der Waals surface area contributed by atoms with Gasteiger partial charge in [0.25, 0.3) is 0 Å². The minimum atomic E-state index is -1.12. The van der Waals surface area contributed by atoms with Crippen molar-refractivity contribution in [3.05, 3.63) is 53.7 Å². The number of nitrogen functional groups attached to an aromatic ring is 1. The zero-order chi connectivity index (χ0) is 12.5. The van der Waals surface area contributed by atoms with E-state index in [0.29, 0.717) is 22.4 Å². The highest BCUT2D eigenvalue weighted by molar-refractivity contribution is 7.85. The molecule has 2 aromatic rings. The molecule has 1 heterocycles. The van der Waals surface area contributed by atoms with E-state index in [4.69, 9.17) is 5.73 Å². The second-order valence-corrected chi connectivity index (χ2v) is 5.92. The van der Waals surface area contributed by atoms with Gasteiger partial charge in [0.2, 0.25) is 0 Å². The van der Waals surface area contributed by atoms with E-state index in [-0.39, 0.29) is 0 Å². The Labute approximate surface area is 109 Å². The maximum absolute atomic E-state index is 12.2. The number of rotatable bonds is 3. The summed E-state index contributed by atoms with van der Waals surface area (Å²) in [5, 5.41) is 0.516. The van der Waals surface area contributed by atoms with E-state index >= 15 is 0 Å². The van der Waals surface area contributed by atoms with Crippen LogP contribution >= 0.6 is 0 Å². The SMILES string of the molecule is Nc1cccnc1S(=O)CC1Cc2ccccc21. The Morgan fingerprint density at radius 3 is 2.89 bits per heavy atom. The van der Waals surface area contributed by atoms with Gasteiger partial charge < -0.3 is 5.73 Å². The Kier molecular flexibility index (Phi) is 2.88. The third kappa shape index (κ3) is 1.93. The van der Waals surface area contributed by atoms with E-state index in [1.54, 1.807) is 18.3 Å². The maximum atomic E-state index is 12.2. The first-order valence-electron chi connectivity index (χ1n) is 5.92. The fraction of sp³-hybridized carbons (Fsp3) is 0.214. The molecule has 0 radical (unpaired) electrons. The first kappa shape index (κ1) is 11.4. The first-order valence-corrected chi connectivity index (χ1v) is 7.24. The molecular formula is C14H14N2OS. The third-order valence-electron chi connectivity index (χ3n) is 3.33. The van der Waals surface area contributed by atoms with Crippen molar-refractivity contribution in [3.8, 4) is 0 Å². The lowest BCUT2D eigenvalue weighted by Gasteiger charge is -2.29. The number of nitrogens with two attached hydrogens (primary N) is 1. The van der Waals surface area contributed by atoms with Gasteiger partial charge in [-0.3, -0.25) is 4.21 Å². The van der Waals surface area contributed by atoms with Gasteiger partial charge in [-0.15, -0.1) is 0 Å². The normalized spacial score (nSPS) is 18.8. The van der Waals surface area contributed by atoms with E-state index in [9.17, 15) is 4.21 Å². The third-order valence-corrected chi connectivity index (χ3v) is 4.81. The lowest BCUT2D eigenvalue weighted by molar-refractivity contribution is 0.643. The van der Waals surface area contributed by atoms with Gasteiger partial charge in [-0.1, -0.05) is 24.3 Å². The summed E-state index contributed by atoms with van der Waals surface area (Å²) in [5.41, 5.74) is 9.00. The van der Waals surface area contributed by atoms with Gasteiger partial charge in [0.05, 0.1) is 16.5 Å². The van der Waals surface area contributed by atoms with Crippen molar-refractivity contribution >= 4 is 16.5 Å². The van der Waals surface area contributed by atoms with Crippen LogP contribution in [0, 0.1) is 0 Å². The van der Waals surface area contributed by atoms with Crippen molar-refractivity contribution in [2.45, 2.75) is 17.4 Å². The minimum absolute atomic E-state index is 0.378. The number of hydrogen-bond donors (Lipinski definition) is 1. The predicted molar refractivity (Wildman–Crippen MR) is 72.8 cm³/mol. The molecule has 1 aliphatic rings. The Bertz CT molecular complexity index is 612. The second kappa shape index (κ2) is 4.53. The molecule has 0 aliphatic heterocycles. The van der Waals surface area contributed by atoms with Crippen LogP contribution in [0.25, 0.3) is 0 Å². The van der Waals surface area contributed by atoms with Crippen LogP contribution in [-0.2, 0) is 17.2 Å². The quantitative estimate of drug-likeness (QED) is 0.917. The number of nitrogens with zero attached hydrogens (tertiary/aromatic N) is 1. The summed E-state index contributed by atoms with van der Waals surface area (Å²) in [6.45, 7) is 0. The summed E-state index contributed by atoms with van der Waals surface area (Å²) < 4.78 is 12.2. The number of anilines is 1. The number of aromatic nitrogens is 1. The van der Waals surface area contributed by atoms with Crippen LogP contribution in [0.15, 0.2) is 47.6 Å². The Hall–Kier alpha value is -1.68. The lowest BCUT2D eigenvalue weighted by Crippen LogP contribution is -2.23. The van der Waals surface area contributed by atoms with E-state index in [1.165, 1.54) is 11.1 Å². The maximum Gasteiger partial charge on any atom is 0.150 e. The molecule has 0 fully saturated rings. The van der Waals surface area contributed by atoms with Gasteiger partial charge in [-0.2, -0.15) is 0 Å². The molecule has 1 aliphatic carbocycles. The van der Waals surface area contributed by atoms with Crippen LogP contribution in [0.4, 0.5) is 5.69 Å².